The summed E-state index contributed by atoms with van der Waals surface area (Å²) in [5, 5.41) is 2.88. The van der Waals surface area contributed by atoms with Crippen LogP contribution < -0.4 is 19.5 Å². The highest BCUT2D eigenvalue weighted by Gasteiger charge is 2.10. The highest BCUT2D eigenvalue weighted by Crippen LogP contribution is 2.24. The van der Waals surface area contributed by atoms with E-state index >= 15 is 0 Å². The van der Waals surface area contributed by atoms with Crippen LogP contribution in [0.2, 0.25) is 0 Å². The first-order chi connectivity index (χ1) is 13.3. The van der Waals surface area contributed by atoms with Gasteiger partial charge in [-0.1, -0.05) is 30.3 Å². The molecule has 0 aliphatic rings. The average molecular weight is 363 g/mol. The molecule has 0 saturated carbocycles. The summed E-state index contributed by atoms with van der Waals surface area (Å²) in [5.74, 6) is 1.88. The molecule has 0 saturated heterocycles. The second kappa shape index (κ2) is 9.29. The van der Waals surface area contributed by atoms with Crippen LogP contribution in [0.4, 0.5) is 5.69 Å². The Balaban J connectivity index is 1.57. The summed E-state index contributed by atoms with van der Waals surface area (Å²) < 4.78 is 16.5. The third-order valence-corrected chi connectivity index (χ3v) is 3.84. The summed E-state index contributed by atoms with van der Waals surface area (Å²) in [6.45, 7) is 0.773. The van der Waals surface area contributed by atoms with Gasteiger partial charge in [-0.25, -0.2) is 0 Å². The topological polar surface area (TPSA) is 56.8 Å². The van der Waals surface area contributed by atoms with Crippen molar-refractivity contribution in [3.05, 3.63) is 84.4 Å². The molecule has 5 nitrogen and oxygen atoms in total. The van der Waals surface area contributed by atoms with Crippen LogP contribution in [0, 0.1) is 0 Å². The lowest BCUT2D eigenvalue weighted by molar-refractivity contribution is 0.102. The summed E-state index contributed by atoms with van der Waals surface area (Å²) >= 11 is 0. The number of ether oxygens (including phenoxy) is 3. The summed E-state index contributed by atoms with van der Waals surface area (Å²) in [4.78, 5) is 12.4. The monoisotopic (exact) mass is 363 g/mol. The van der Waals surface area contributed by atoms with Crippen LogP contribution in [0.15, 0.2) is 78.9 Å². The number of rotatable bonds is 8. The molecule has 3 aromatic carbocycles. The van der Waals surface area contributed by atoms with E-state index in [1.807, 2.05) is 48.5 Å². The molecule has 1 N–H and O–H groups in total. The summed E-state index contributed by atoms with van der Waals surface area (Å²) in [7, 11) is 1.59. The summed E-state index contributed by atoms with van der Waals surface area (Å²) in [6, 6.07) is 23.8. The standard InChI is InChI=1S/C22H21NO4/c1-25-18-13-11-17(12-14-18)22(24)23-20-9-5-6-10-21(20)27-16-15-26-19-7-3-2-4-8-19/h2-14H,15-16H2,1H3,(H,23,24). The molecule has 3 rings (SSSR count). The number of hydrogen-bond donors (Lipinski definition) is 1. The fourth-order valence-corrected chi connectivity index (χ4v) is 2.46. The van der Waals surface area contributed by atoms with Crippen molar-refractivity contribution in [2.45, 2.75) is 0 Å². The molecule has 0 aliphatic heterocycles. The largest absolute Gasteiger partial charge is 0.497 e. The van der Waals surface area contributed by atoms with Crippen LogP contribution in [-0.2, 0) is 0 Å². The molecule has 0 aliphatic carbocycles. The van der Waals surface area contributed by atoms with Gasteiger partial charge in [0, 0.05) is 5.56 Å². The van der Waals surface area contributed by atoms with Gasteiger partial charge in [0.25, 0.3) is 5.91 Å². The maximum Gasteiger partial charge on any atom is 0.255 e. The van der Waals surface area contributed by atoms with Gasteiger partial charge in [-0.3, -0.25) is 4.79 Å². The average Bonchev–Trinajstić information content (AvgIpc) is 2.73. The van der Waals surface area contributed by atoms with Gasteiger partial charge >= 0.3 is 0 Å². The fraction of sp³-hybridized carbons (Fsp3) is 0.136. The smallest absolute Gasteiger partial charge is 0.255 e. The first kappa shape index (κ1) is 18.3. The SMILES string of the molecule is COc1ccc(C(=O)Nc2ccccc2OCCOc2ccccc2)cc1. The quantitative estimate of drug-likeness (QED) is 0.603. The van der Waals surface area contributed by atoms with Crippen molar-refractivity contribution < 1.29 is 19.0 Å². The number of hydrogen-bond acceptors (Lipinski definition) is 4. The van der Waals surface area contributed by atoms with Gasteiger partial charge < -0.3 is 19.5 Å². The van der Waals surface area contributed by atoms with Gasteiger partial charge in [0.1, 0.15) is 30.5 Å². The van der Waals surface area contributed by atoms with E-state index in [1.165, 1.54) is 0 Å². The number of carbonyl (C=O) groups excluding carboxylic acids is 1. The van der Waals surface area contributed by atoms with Crippen LogP contribution in [0.25, 0.3) is 0 Å². The first-order valence-electron chi connectivity index (χ1n) is 8.61. The van der Waals surface area contributed by atoms with E-state index < -0.39 is 0 Å². The Hall–Kier alpha value is -3.47. The Labute approximate surface area is 158 Å². The van der Waals surface area contributed by atoms with Gasteiger partial charge in [0.15, 0.2) is 0 Å². The van der Waals surface area contributed by atoms with Gasteiger partial charge in [-0.15, -0.1) is 0 Å². The highest BCUT2D eigenvalue weighted by molar-refractivity contribution is 6.05. The van der Waals surface area contributed by atoms with Crippen molar-refractivity contribution in [1.82, 2.24) is 0 Å². The van der Waals surface area contributed by atoms with Crippen LogP contribution >= 0.6 is 0 Å². The Morgan fingerprint density at radius 2 is 1.44 bits per heavy atom. The molecule has 3 aromatic rings. The second-order valence-corrected chi connectivity index (χ2v) is 5.69. The Kier molecular flexibility index (Phi) is 6.30. The zero-order valence-electron chi connectivity index (χ0n) is 15.1. The minimum atomic E-state index is -0.214. The molecule has 0 spiro atoms. The van der Waals surface area contributed by atoms with E-state index in [9.17, 15) is 4.79 Å². The van der Waals surface area contributed by atoms with E-state index in [2.05, 4.69) is 5.32 Å². The van der Waals surface area contributed by atoms with Crippen molar-refractivity contribution in [2.75, 3.05) is 25.6 Å². The van der Waals surface area contributed by atoms with Crippen molar-refractivity contribution >= 4 is 11.6 Å². The Morgan fingerprint density at radius 1 is 0.778 bits per heavy atom. The number of para-hydroxylation sites is 3. The van der Waals surface area contributed by atoms with E-state index in [4.69, 9.17) is 14.2 Å². The van der Waals surface area contributed by atoms with E-state index in [-0.39, 0.29) is 5.91 Å². The molecule has 27 heavy (non-hydrogen) atoms. The van der Waals surface area contributed by atoms with Crippen LogP contribution in [-0.4, -0.2) is 26.2 Å². The Morgan fingerprint density at radius 3 is 2.19 bits per heavy atom. The number of anilines is 1. The molecule has 0 atom stereocenters. The molecule has 5 heteroatoms. The normalized spacial score (nSPS) is 10.1. The second-order valence-electron chi connectivity index (χ2n) is 5.69. The lowest BCUT2D eigenvalue weighted by Crippen LogP contribution is -2.14. The number of methoxy groups -OCH3 is 1. The molecule has 0 aromatic heterocycles. The minimum Gasteiger partial charge on any atom is -0.497 e. The maximum atomic E-state index is 12.4. The van der Waals surface area contributed by atoms with Crippen molar-refractivity contribution in [3.63, 3.8) is 0 Å². The molecular formula is C22H21NO4. The van der Waals surface area contributed by atoms with E-state index in [0.717, 1.165) is 5.75 Å². The van der Waals surface area contributed by atoms with Crippen molar-refractivity contribution in [1.29, 1.82) is 0 Å². The van der Waals surface area contributed by atoms with Crippen LogP contribution in [0.1, 0.15) is 10.4 Å². The summed E-state index contributed by atoms with van der Waals surface area (Å²) in [5.41, 5.74) is 1.15. The van der Waals surface area contributed by atoms with Crippen molar-refractivity contribution in [2.24, 2.45) is 0 Å². The maximum absolute atomic E-state index is 12.4. The van der Waals surface area contributed by atoms with Gasteiger partial charge in [-0.2, -0.15) is 0 Å². The number of nitrogens with one attached hydrogen (secondary N) is 1. The van der Waals surface area contributed by atoms with Crippen LogP contribution in [0.5, 0.6) is 17.2 Å². The number of carbonyl (C=O) groups is 1. The molecule has 1 amide bonds. The molecule has 0 fully saturated rings. The Bertz CT molecular complexity index is 863. The predicted octanol–water partition coefficient (Wildman–Crippen LogP) is 4.41. The molecular weight excluding hydrogens is 342 g/mol. The number of amides is 1. The minimum absolute atomic E-state index is 0.214. The third-order valence-electron chi connectivity index (χ3n) is 3.84. The van der Waals surface area contributed by atoms with E-state index in [0.29, 0.717) is 36.0 Å². The lowest BCUT2D eigenvalue weighted by atomic mass is 10.2. The molecule has 0 unspecified atom stereocenters. The predicted molar refractivity (Wildman–Crippen MR) is 105 cm³/mol. The fourth-order valence-electron chi connectivity index (χ4n) is 2.46. The van der Waals surface area contributed by atoms with Crippen molar-refractivity contribution in [3.8, 4) is 17.2 Å². The molecule has 0 bridgehead atoms. The van der Waals surface area contributed by atoms with E-state index in [1.54, 1.807) is 37.4 Å². The zero-order chi connectivity index (χ0) is 18.9. The lowest BCUT2D eigenvalue weighted by Gasteiger charge is -2.13. The molecule has 138 valence electrons. The summed E-state index contributed by atoms with van der Waals surface area (Å²) in [6.07, 6.45) is 0. The zero-order valence-corrected chi connectivity index (χ0v) is 15.1. The third kappa shape index (κ3) is 5.25. The van der Waals surface area contributed by atoms with Gasteiger partial charge in [0.05, 0.1) is 12.8 Å². The van der Waals surface area contributed by atoms with Crippen LogP contribution in [0.3, 0.4) is 0 Å². The van der Waals surface area contributed by atoms with Gasteiger partial charge in [-0.05, 0) is 48.5 Å². The molecule has 0 radical (unpaired) electrons. The van der Waals surface area contributed by atoms with Gasteiger partial charge in [0.2, 0.25) is 0 Å². The first-order valence-corrected chi connectivity index (χ1v) is 8.61. The number of benzene rings is 3. The molecule has 0 heterocycles. The highest BCUT2D eigenvalue weighted by atomic mass is 16.5.